The second kappa shape index (κ2) is 5.92. The molecule has 0 heterocycles. The van der Waals surface area contributed by atoms with Crippen LogP contribution in [-0.2, 0) is 0 Å². The fraction of sp³-hybridized carbons (Fsp3) is 0.400. The minimum absolute atomic E-state index is 0.00507. The zero-order valence-electron chi connectivity index (χ0n) is 9.10. The van der Waals surface area contributed by atoms with Crippen molar-refractivity contribution in [3.63, 3.8) is 0 Å². The number of hydrogen-bond donors (Lipinski definition) is 2. The summed E-state index contributed by atoms with van der Waals surface area (Å²) in [6, 6.07) is 4.57. The molecule has 88 valence electrons. The molecule has 0 fully saturated rings. The maximum absolute atomic E-state index is 10.7. The SMILES string of the molecule is CCOc1cc(NCCN)cc([N+](=O)[O-])c1. The largest absolute Gasteiger partial charge is 0.494 e. The van der Waals surface area contributed by atoms with E-state index in [-0.39, 0.29) is 5.69 Å². The summed E-state index contributed by atoms with van der Waals surface area (Å²) in [5, 5.41) is 13.7. The number of nitro groups is 1. The third-order valence-electron chi connectivity index (χ3n) is 1.89. The van der Waals surface area contributed by atoms with Gasteiger partial charge in [-0.15, -0.1) is 0 Å². The number of non-ortho nitro benzene ring substituents is 1. The van der Waals surface area contributed by atoms with Crippen LogP contribution in [0.2, 0.25) is 0 Å². The fourth-order valence-electron chi connectivity index (χ4n) is 1.26. The minimum Gasteiger partial charge on any atom is -0.494 e. The summed E-state index contributed by atoms with van der Waals surface area (Å²) >= 11 is 0. The lowest BCUT2D eigenvalue weighted by molar-refractivity contribution is -0.384. The Morgan fingerprint density at radius 1 is 1.50 bits per heavy atom. The first-order chi connectivity index (χ1) is 7.67. The van der Waals surface area contributed by atoms with Crippen LogP contribution in [0.4, 0.5) is 11.4 Å². The highest BCUT2D eigenvalue weighted by molar-refractivity contribution is 5.56. The van der Waals surface area contributed by atoms with Crippen molar-refractivity contribution in [2.24, 2.45) is 5.73 Å². The Morgan fingerprint density at radius 3 is 2.81 bits per heavy atom. The molecule has 0 aliphatic rings. The molecule has 0 radical (unpaired) electrons. The highest BCUT2D eigenvalue weighted by Gasteiger charge is 2.09. The Balaban J connectivity index is 2.93. The van der Waals surface area contributed by atoms with Gasteiger partial charge in [-0.1, -0.05) is 0 Å². The van der Waals surface area contributed by atoms with E-state index in [0.29, 0.717) is 31.1 Å². The topological polar surface area (TPSA) is 90.4 Å². The first kappa shape index (κ1) is 12.3. The van der Waals surface area contributed by atoms with Crippen molar-refractivity contribution in [2.45, 2.75) is 6.92 Å². The molecule has 0 amide bonds. The van der Waals surface area contributed by atoms with Gasteiger partial charge in [-0.05, 0) is 6.92 Å². The molecule has 0 aromatic heterocycles. The van der Waals surface area contributed by atoms with Crippen molar-refractivity contribution in [3.05, 3.63) is 28.3 Å². The van der Waals surface area contributed by atoms with Gasteiger partial charge in [-0.3, -0.25) is 10.1 Å². The number of nitrogens with one attached hydrogen (secondary N) is 1. The van der Waals surface area contributed by atoms with Crippen LogP contribution < -0.4 is 15.8 Å². The highest BCUT2D eigenvalue weighted by Crippen LogP contribution is 2.25. The van der Waals surface area contributed by atoms with E-state index < -0.39 is 4.92 Å². The van der Waals surface area contributed by atoms with Crippen LogP contribution in [0.15, 0.2) is 18.2 Å². The van der Waals surface area contributed by atoms with Gasteiger partial charge in [0.1, 0.15) is 5.75 Å². The van der Waals surface area contributed by atoms with Gasteiger partial charge in [0.15, 0.2) is 0 Å². The Kier molecular flexibility index (Phi) is 4.53. The molecule has 1 rings (SSSR count). The second-order valence-electron chi connectivity index (χ2n) is 3.12. The summed E-state index contributed by atoms with van der Waals surface area (Å²) in [6.45, 7) is 3.32. The Hall–Kier alpha value is -1.82. The van der Waals surface area contributed by atoms with E-state index >= 15 is 0 Å². The predicted octanol–water partition coefficient (Wildman–Crippen LogP) is 1.36. The number of ether oxygens (including phenoxy) is 1. The van der Waals surface area contributed by atoms with Crippen LogP contribution in [0.1, 0.15) is 6.92 Å². The van der Waals surface area contributed by atoms with Crippen molar-refractivity contribution in [1.82, 2.24) is 0 Å². The van der Waals surface area contributed by atoms with E-state index in [1.165, 1.54) is 12.1 Å². The number of anilines is 1. The molecule has 6 nitrogen and oxygen atoms in total. The lowest BCUT2D eigenvalue weighted by Crippen LogP contribution is -2.13. The summed E-state index contributed by atoms with van der Waals surface area (Å²) < 4.78 is 5.24. The summed E-state index contributed by atoms with van der Waals surface area (Å²) in [5.74, 6) is 0.483. The third kappa shape index (κ3) is 3.39. The molecule has 0 aliphatic carbocycles. The maximum Gasteiger partial charge on any atom is 0.275 e. The Labute approximate surface area is 93.5 Å². The normalized spacial score (nSPS) is 9.88. The summed E-state index contributed by atoms with van der Waals surface area (Å²) in [4.78, 5) is 10.2. The summed E-state index contributed by atoms with van der Waals surface area (Å²) in [6.07, 6.45) is 0. The molecular formula is C10H15N3O3. The standard InChI is InChI=1S/C10H15N3O3/c1-2-16-10-6-8(12-4-3-11)5-9(7-10)13(14)15/h5-7,12H,2-4,11H2,1H3. The first-order valence-electron chi connectivity index (χ1n) is 5.03. The molecule has 1 aromatic carbocycles. The molecule has 16 heavy (non-hydrogen) atoms. The quantitative estimate of drug-likeness (QED) is 0.563. The zero-order valence-corrected chi connectivity index (χ0v) is 9.10. The van der Waals surface area contributed by atoms with Crippen molar-refractivity contribution in [1.29, 1.82) is 0 Å². The lowest BCUT2D eigenvalue weighted by atomic mass is 10.2. The first-order valence-corrected chi connectivity index (χ1v) is 5.03. The van der Waals surface area contributed by atoms with Gasteiger partial charge in [0.25, 0.3) is 5.69 Å². The molecule has 0 unspecified atom stereocenters. The van der Waals surface area contributed by atoms with Crippen LogP contribution in [-0.4, -0.2) is 24.6 Å². The van der Waals surface area contributed by atoms with E-state index in [0.717, 1.165) is 0 Å². The van der Waals surface area contributed by atoms with Crippen LogP contribution in [0.3, 0.4) is 0 Å². The molecule has 6 heteroatoms. The highest BCUT2D eigenvalue weighted by atomic mass is 16.6. The number of benzene rings is 1. The van der Waals surface area contributed by atoms with E-state index in [1.54, 1.807) is 6.07 Å². The van der Waals surface area contributed by atoms with Crippen LogP contribution in [0.5, 0.6) is 5.75 Å². The Morgan fingerprint density at radius 2 is 2.25 bits per heavy atom. The number of nitrogens with zero attached hydrogens (tertiary/aromatic N) is 1. The fourth-order valence-corrected chi connectivity index (χ4v) is 1.26. The van der Waals surface area contributed by atoms with Gasteiger partial charge in [0.2, 0.25) is 0 Å². The molecule has 0 saturated carbocycles. The van der Waals surface area contributed by atoms with Gasteiger partial charge in [-0.25, -0.2) is 0 Å². The Bertz CT molecular complexity index is 368. The predicted molar refractivity (Wildman–Crippen MR) is 61.8 cm³/mol. The maximum atomic E-state index is 10.7. The lowest BCUT2D eigenvalue weighted by Gasteiger charge is -2.08. The summed E-state index contributed by atoms with van der Waals surface area (Å²) in [5.41, 5.74) is 5.99. The molecule has 0 bridgehead atoms. The van der Waals surface area contributed by atoms with Crippen LogP contribution in [0, 0.1) is 10.1 Å². The smallest absolute Gasteiger partial charge is 0.275 e. The number of nitrogens with two attached hydrogens (primary N) is 1. The van der Waals surface area contributed by atoms with Gasteiger partial charge < -0.3 is 15.8 Å². The van der Waals surface area contributed by atoms with Crippen molar-refractivity contribution >= 4 is 11.4 Å². The van der Waals surface area contributed by atoms with E-state index in [1.807, 2.05) is 6.92 Å². The molecule has 0 atom stereocenters. The molecular weight excluding hydrogens is 210 g/mol. The zero-order chi connectivity index (χ0) is 12.0. The van der Waals surface area contributed by atoms with Gasteiger partial charge in [-0.2, -0.15) is 0 Å². The van der Waals surface area contributed by atoms with Crippen LogP contribution in [0.25, 0.3) is 0 Å². The van der Waals surface area contributed by atoms with Crippen molar-refractivity contribution in [3.8, 4) is 5.75 Å². The average Bonchev–Trinajstić information content (AvgIpc) is 2.26. The van der Waals surface area contributed by atoms with Gasteiger partial charge >= 0.3 is 0 Å². The number of hydrogen-bond acceptors (Lipinski definition) is 5. The number of nitro benzene ring substituents is 1. The monoisotopic (exact) mass is 225 g/mol. The molecule has 0 aliphatic heterocycles. The average molecular weight is 225 g/mol. The van der Waals surface area contributed by atoms with Gasteiger partial charge in [0, 0.05) is 30.9 Å². The van der Waals surface area contributed by atoms with Crippen molar-refractivity contribution in [2.75, 3.05) is 25.0 Å². The molecule has 1 aromatic rings. The van der Waals surface area contributed by atoms with Crippen LogP contribution >= 0.6 is 0 Å². The van der Waals surface area contributed by atoms with E-state index in [9.17, 15) is 10.1 Å². The third-order valence-corrected chi connectivity index (χ3v) is 1.89. The van der Waals surface area contributed by atoms with Crippen molar-refractivity contribution < 1.29 is 9.66 Å². The number of rotatable bonds is 6. The van der Waals surface area contributed by atoms with E-state index in [2.05, 4.69) is 5.32 Å². The second-order valence-corrected chi connectivity index (χ2v) is 3.12. The van der Waals surface area contributed by atoms with Gasteiger partial charge in [0.05, 0.1) is 17.6 Å². The molecule has 0 spiro atoms. The minimum atomic E-state index is -0.448. The van der Waals surface area contributed by atoms with E-state index in [4.69, 9.17) is 10.5 Å². The molecule has 3 N–H and O–H groups in total. The molecule has 0 saturated heterocycles. The summed E-state index contributed by atoms with van der Waals surface area (Å²) in [7, 11) is 0.